The van der Waals surface area contributed by atoms with E-state index in [4.69, 9.17) is 0 Å². The van der Waals surface area contributed by atoms with Gasteiger partial charge in [0.25, 0.3) is 0 Å². The molecule has 1 amide bonds. The van der Waals surface area contributed by atoms with Gasteiger partial charge in [-0.1, -0.05) is 20.8 Å². The molecule has 1 aliphatic rings. The minimum absolute atomic E-state index is 0.0939. The Balaban J connectivity index is 1.85. The van der Waals surface area contributed by atoms with Crippen LogP contribution >= 0.6 is 23.1 Å². The van der Waals surface area contributed by atoms with Crippen molar-refractivity contribution in [1.29, 1.82) is 0 Å². The van der Waals surface area contributed by atoms with Gasteiger partial charge in [0.05, 0.1) is 10.8 Å². The van der Waals surface area contributed by atoms with Gasteiger partial charge in [0.1, 0.15) is 0 Å². The molecular weight excluding hydrogens is 276 g/mol. The zero-order valence-electron chi connectivity index (χ0n) is 11.7. The highest BCUT2D eigenvalue weighted by Crippen LogP contribution is 2.43. The normalized spacial score (nSPS) is 22.3. The van der Waals surface area contributed by atoms with Crippen LogP contribution in [0.1, 0.15) is 38.8 Å². The minimum Gasteiger partial charge on any atom is -0.355 e. The van der Waals surface area contributed by atoms with Crippen LogP contribution in [0.5, 0.6) is 0 Å². The fraction of sp³-hybridized carbons (Fsp3) is 0.643. The van der Waals surface area contributed by atoms with Gasteiger partial charge >= 0.3 is 0 Å². The number of hydrogen-bond acceptors (Lipinski definition) is 4. The van der Waals surface area contributed by atoms with Gasteiger partial charge in [-0.25, -0.2) is 0 Å². The molecule has 0 aromatic carbocycles. The lowest BCUT2D eigenvalue weighted by atomic mass is 10.0. The molecule has 1 aliphatic heterocycles. The summed E-state index contributed by atoms with van der Waals surface area (Å²) < 4.78 is 1.40. The van der Waals surface area contributed by atoms with E-state index in [2.05, 4.69) is 42.9 Å². The molecular formula is C14H22N2OS2. The van der Waals surface area contributed by atoms with Gasteiger partial charge in [-0.2, -0.15) is 0 Å². The predicted molar refractivity (Wildman–Crippen MR) is 82.8 cm³/mol. The Morgan fingerprint density at radius 3 is 3.05 bits per heavy atom. The molecule has 2 atom stereocenters. The summed E-state index contributed by atoms with van der Waals surface area (Å²) in [5.74, 6) is 0.592. The third kappa shape index (κ3) is 4.23. The Labute approximate surface area is 123 Å². The van der Waals surface area contributed by atoms with Gasteiger partial charge in [0.2, 0.25) is 5.91 Å². The van der Waals surface area contributed by atoms with Gasteiger partial charge < -0.3 is 10.6 Å². The van der Waals surface area contributed by atoms with Crippen molar-refractivity contribution in [3.8, 4) is 0 Å². The van der Waals surface area contributed by atoms with E-state index in [0.717, 1.165) is 13.0 Å². The van der Waals surface area contributed by atoms with Crippen molar-refractivity contribution in [2.24, 2.45) is 5.92 Å². The maximum absolute atomic E-state index is 11.7. The first-order chi connectivity index (χ1) is 9.06. The molecule has 2 N–H and O–H groups in total. The number of hydrogen-bond donors (Lipinski definition) is 2. The summed E-state index contributed by atoms with van der Waals surface area (Å²) in [6.07, 6.45) is 1.09. The van der Waals surface area contributed by atoms with Crippen LogP contribution in [-0.4, -0.2) is 24.2 Å². The van der Waals surface area contributed by atoms with Crippen molar-refractivity contribution in [2.75, 3.05) is 13.1 Å². The zero-order chi connectivity index (χ0) is 13.8. The van der Waals surface area contributed by atoms with Crippen LogP contribution in [-0.2, 0) is 4.79 Å². The molecule has 5 heteroatoms. The van der Waals surface area contributed by atoms with Gasteiger partial charge in [-0.05, 0) is 29.3 Å². The Morgan fingerprint density at radius 1 is 1.53 bits per heavy atom. The summed E-state index contributed by atoms with van der Waals surface area (Å²) in [6, 6.07) is 2.50. The lowest BCUT2D eigenvalue weighted by Crippen LogP contribution is -2.38. The topological polar surface area (TPSA) is 41.1 Å². The average molecular weight is 298 g/mol. The summed E-state index contributed by atoms with van der Waals surface area (Å²) in [4.78, 5) is 11.7. The summed E-state index contributed by atoms with van der Waals surface area (Å²) in [5.41, 5.74) is 1.37. The molecule has 0 fully saturated rings. The number of rotatable bonds is 5. The Kier molecular flexibility index (Phi) is 5.30. The number of nitrogens with one attached hydrogen (secondary N) is 2. The molecule has 3 nitrogen and oxygen atoms in total. The second kappa shape index (κ2) is 6.77. The second-order valence-electron chi connectivity index (χ2n) is 5.46. The highest BCUT2D eigenvalue weighted by atomic mass is 32.2. The first kappa shape index (κ1) is 14.9. The molecule has 1 aromatic rings. The molecule has 0 saturated carbocycles. The van der Waals surface area contributed by atoms with Gasteiger partial charge in [0.15, 0.2) is 0 Å². The smallest absolute Gasteiger partial charge is 0.233 e. The van der Waals surface area contributed by atoms with Crippen molar-refractivity contribution in [3.63, 3.8) is 0 Å². The number of carbonyl (C=O) groups is 1. The molecule has 2 heterocycles. The predicted octanol–water partition coefficient (Wildman–Crippen LogP) is 3.04. The van der Waals surface area contributed by atoms with Crippen LogP contribution in [0.3, 0.4) is 0 Å². The monoisotopic (exact) mass is 298 g/mol. The molecule has 1 aromatic heterocycles. The number of amides is 1. The highest BCUT2D eigenvalue weighted by molar-refractivity contribution is 8.01. The van der Waals surface area contributed by atoms with E-state index in [-0.39, 0.29) is 5.91 Å². The summed E-state index contributed by atoms with van der Waals surface area (Å²) in [5, 5.41) is 9.10. The fourth-order valence-corrected chi connectivity index (χ4v) is 4.71. The first-order valence-electron chi connectivity index (χ1n) is 6.80. The largest absolute Gasteiger partial charge is 0.355 e. The first-order valence-corrected chi connectivity index (χ1v) is 8.56. The van der Waals surface area contributed by atoms with E-state index in [0.29, 0.717) is 23.8 Å². The molecule has 0 saturated heterocycles. The van der Waals surface area contributed by atoms with Crippen LogP contribution in [0.25, 0.3) is 0 Å². The number of fused-ring (bicyclic) bond motifs is 1. The molecule has 19 heavy (non-hydrogen) atoms. The van der Waals surface area contributed by atoms with Crippen molar-refractivity contribution in [2.45, 2.75) is 42.7 Å². The maximum Gasteiger partial charge on any atom is 0.233 e. The molecule has 1 unspecified atom stereocenters. The highest BCUT2D eigenvalue weighted by Gasteiger charge is 2.26. The summed E-state index contributed by atoms with van der Waals surface area (Å²) in [6.45, 7) is 7.61. The van der Waals surface area contributed by atoms with E-state index in [1.54, 1.807) is 11.3 Å². The zero-order valence-corrected chi connectivity index (χ0v) is 13.4. The van der Waals surface area contributed by atoms with Gasteiger partial charge in [0, 0.05) is 17.8 Å². The SMILES string of the molecule is CC(C)CNC(=O)CNC1C[C@H](C)Sc2sccc21. The van der Waals surface area contributed by atoms with Crippen LogP contribution in [0.2, 0.25) is 0 Å². The number of thiophene rings is 1. The van der Waals surface area contributed by atoms with E-state index in [1.807, 2.05) is 11.8 Å². The van der Waals surface area contributed by atoms with Crippen LogP contribution in [0, 0.1) is 5.92 Å². The lowest BCUT2D eigenvalue weighted by Gasteiger charge is -2.27. The summed E-state index contributed by atoms with van der Waals surface area (Å²) >= 11 is 3.75. The second-order valence-corrected chi connectivity index (χ2v) is 8.08. The average Bonchev–Trinajstić information content (AvgIpc) is 2.81. The molecule has 0 radical (unpaired) electrons. The maximum atomic E-state index is 11.7. The fourth-order valence-electron chi connectivity index (χ4n) is 2.14. The molecule has 106 valence electrons. The molecule has 0 bridgehead atoms. The summed E-state index contributed by atoms with van der Waals surface area (Å²) in [7, 11) is 0. The number of carbonyl (C=O) groups excluding carboxylic acids is 1. The van der Waals surface area contributed by atoms with Crippen molar-refractivity contribution < 1.29 is 4.79 Å². The van der Waals surface area contributed by atoms with Crippen LogP contribution in [0.15, 0.2) is 15.7 Å². The Bertz CT molecular complexity index is 431. The third-order valence-electron chi connectivity index (χ3n) is 3.13. The molecule has 2 rings (SSSR count). The lowest BCUT2D eigenvalue weighted by molar-refractivity contribution is -0.120. The van der Waals surface area contributed by atoms with E-state index < -0.39 is 0 Å². The Morgan fingerprint density at radius 2 is 2.32 bits per heavy atom. The van der Waals surface area contributed by atoms with Crippen molar-refractivity contribution in [1.82, 2.24) is 10.6 Å². The molecule has 0 spiro atoms. The van der Waals surface area contributed by atoms with Crippen LogP contribution in [0.4, 0.5) is 0 Å². The quantitative estimate of drug-likeness (QED) is 0.878. The Hall–Kier alpha value is -0.520. The van der Waals surface area contributed by atoms with E-state index in [9.17, 15) is 4.79 Å². The minimum atomic E-state index is 0.0939. The van der Waals surface area contributed by atoms with Crippen LogP contribution < -0.4 is 10.6 Å². The standard InChI is InChI=1S/C14H22N2OS2/c1-9(2)7-16-13(17)8-15-12-6-10(3)19-14-11(12)4-5-18-14/h4-5,9-10,12,15H,6-8H2,1-3H3,(H,16,17)/t10-,12?/m0/s1. The third-order valence-corrected chi connectivity index (χ3v) is 5.47. The van der Waals surface area contributed by atoms with E-state index >= 15 is 0 Å². The number of thioether (sulfide) groups is 1. The van der Waals surface area contributed by atoms with Gasteiger partial charge in [-0.15, -0.1) is 23.1 Å². The molecule has 0 aliphatic carbocycles. The van der Waals surface area contributed by atoms with Crippen molar-refractivity contribution in [3.05, 3.63) is 17.0 Å². The van der Waals surface area contributed by atoms with E-state index in [1.165, 1.54) is 9.77 Å². The van der Waals surface area contributed by atoms with Gasteiger partial charge in [-0.3, -0.25) is 4.79 Å². The van der Waals surface area contributed by atoms with Crippen molar-refractivity contribution >= 4 is 29.0 Å².